The van der Waals surface area contributed by atoms with E-state index in [9.17, 15) is 31.2 Å². The number of nitrogens with zero attached hydrogens (tertiary/aromatic N) is 1. The van der Waals surface area contributed by atoms with E-state index in [0.29, 0.717) is 4.31 Å². The van der Waals surface area contributed by atoms with E-state index in [-0.39, 0.29) is 27.6 Å². The van der Waals surface area contributed by atoms with Crippen LogP contribution >= 0.6 is 11.6 Å². The lowest BCUT2D eigenvalue weighted by Gasteiger charge is -2.31. The maximum absolute atomic E-state index is 14.6. The lowest BCUT2D eigenvalue weighted by atomic mass is 10.0. The topological polar surface area (TPSA) is 104 Å². The summed E-state index contributed by atoms with van der Waals surface area (Å²) >= 11 is 5.82. The van der Waals surface area contributed by atoms with Gasteiger partial charge in [0.05, 0.1) is 10.5 Å². The summed E-state index contributed by atoms with van der Waals surface area (Å²) in [7, 11) is -4.53. The molecule has 0 bridgehead atoms. The Labute approximate surface area is 193 Å². The quantitative estimate of drug-likeness (QED) is 0.625. The van der Waals surface area contributed by atoms with Crippen LogP contribution in [-0.2, 0) is 21.4 Å². The van der Waals surface area contributed by atoms with Crippen molar-refractivity contribution < 1.29 is 36.3 Å². The molecule has 2 aromatic rings. The molecule has 0 saturated carbocycles. The highest BCUT2D eigenvalue weighted by atomic mass is 35.5. The third-order valence-corrected chi connectivity index (χ3v) is 7.53. The second-order valence-electron chi connectivity index (χ2n) is 7.64. The fourth-order valence-electron chi connectivity index (χ4n) is 3.53. The SMILES string of the molecule is Cc1c(CN([C@@H]2CC(F)(F)CCNC2=O)S(=O)(=O)c2ccc(Cl)cc2)ccc(C(=O)O)c1F. The van der Waals surface area contributed by atoms with Crippen LogP contribution < -0.4 is 5.32 Å². The first-order valence-electron chi connectivity index (χ1n) is 9.78. The van der Waals surface area contributed by atoms with Crippen molar-refractivity contribution in [2.75, 3.05) is 6.54 Å². The normalized spacial score (nSPS) is 18.6. The Hall–Kier alpha value is -2.63. The van der Waals surface area contributed by atoms with Crippen LogP contribution in [0.1, 0.15) is 34.3 Å². The minimum Gasteiger partial charge on any atom is -0.478 e. The molecule has 3 rings (SSSR count). The zero-order valence-electron chi connectivity index (χ0n) is 17.3. The maximum atomic E-state index is 14.6. The summed E-state index contributed by atoms with van der Waals surface area (Å²) < 4.78 is 70.8. The van der Waals surface area contributed by atoms with Crippen LogP contribution in [0.15, 0.2) is 41.3 Å². The van der Waals surface area contributed by atoms with Crippen LogP contribution in [0.25, 0.3) is 0 Å². The van der Waals surface area contributed by atoms with Crippen LogP contribution in [0.4, 0.5) is 13.2 Å². The van der Waals surface area contributed by atoms with Crippen LogP contribution in [0.5, 0.6) is 0 Å². The smallest absolute Gasteiger partial charge is 0.338 e. The average Bonchev–Trinajstić information content (AvgIpc) is 2.86. The van der Waals surface area contributed by atoms with Gasteiger partial charge in [-0.3, -0.25) is 4.79 Å². The van der Waals surface area contributed by atoms with Crippen molar-refractivity contribution in [3.05, 3.63) is 63.9 Å². The lowest BCUT2D eigenvalue weighted by Crippen LogP contribution is -2.49. The van der Waals surface area contributed by atoms with Gasteiger partial charge in [0.25, 0.3) is 5.92 Å². The second kappa shape index (κ2) is 9.32. The van der Waals surface area contributed by atoms with Gasteiger partial charge in [0.1, 0.15) is 11.9 Å². The summed E-state index contributed by atoms with van der Waals surface area (Å²) in [5.74, 6) is -6.84. The van der Waals surface area contributed by atoms with Gasteiger partial charge in [0.2, 0.25) is 15.9 Å². The largest absolute Gasteiger partial charge is 0.478 e. The number of hydrogen-bond donors (Lipinski definition) is 2. The highest BCUT2D eigenvalue weighted by molar-refractivity contribution is 7.89. The summed E-state index contributed by atoms with van der Waals surface area (Å²) in [5, 5.41) is 11.6. The minimum atomic E-state index is -4.53. The van der Waals surface area contributed by atoms with Crippen molar-refractivity contribution in [1.82, 2.24) is 9.62 Å². The number of sulfonamides is 1. The molecule has 1 heterocycles. The zero-order valence-corrected chi connectivity index (χ0v) is 18.9. The number of rotatable bonds is 6. The van der Waals surface area contributed by atoms with Crippen molar-refractivity contribution in [1.29, 1.82) is 0 Å². The molecule has 1 amide bonds. The van der Waals surface area contributed by atoms with E-state index in [1.54, 1.807) is 0 Å². The average molecular weight is 505 g/mol. The summed E-state index contributed by atoms with van der Waals surface area (Å²) in [6, 6.07) is 5.27. The van der Waals surface area contributed by atoms with E-state index in [2.05, 4.69) is 5.32 Å². The number of halogens is 4. The summed E-state index contributed by atoms with van der Waals surface area (Å²) in [5.41, 5.74) is -0.774. The molecule has 1 aliphatic rings. The number of hydrogen-bond acceptors (Lipinski definition) is 4. The van der Waals surface area contributed by atoms with E-state index in [4.69, 9.17) is 16.7 Å². The molecule has 33 heavy (non-hydrogen) atoms. The van der Waals surface area contributed by atoms with Gasteiger partial charge in [-0.1, -0.05) is 17.7 Å². The molecule has 0 unspecified atom stereocenters. The molecule has 178 valence electrons. The Kier molecular flexibility index (Phi) is 7.06. The number of carbonyl (C=O) groups is 2. The molecular formula is C21H20ClF3N2O5S. The molecule has 0 aromatic heterocycles. The fraction of sp³-hybridized carbons (Fsp3) is 0.333. The number of amides is 1. The number of nitrogens with one attached hydrogen (secondary N) is 1. The Morgan fingerprint density at radius 3 is 2.48 bits per heavy atom. The first-order valence-corrected chi connectivity index (χ1v) is 11.6. The third kappa shape index (κ3) is 5.31. The predicted molar refractivity (Wildman–Crippen MR) is 113 cm³/mol. The standard InChI is InChI=1S/C21H20ClF3N2O5S/c1-12-13(2-7-16(18(12)23)20(29)30)11-27(17-10-21(24,25)8-9-26-19(17)28)33(31,32)15-5-3-14(22)4-6-15/h2-7,17H,8-11H2,1H3,(H,26,28)(H,29,30)/t17-/m1/s1. The fourth-order valence-corrected chi connectivity index (χ4v) is 5.22. The maximum Gasteiger partial charge on any atom is 0.338 e. The second-order valence-corrected chi connectivity index (χ2v) is 9.96. The number of carboxylic acid groups (broad SMARTS) is 1. The van der Waals surface area contributed by atoms with Gasteiger partial charge in [-0.25, -0.2) is 26.4 Å². The van der Waals surface area contributed by atoms with Gasteiger partial charge in [0, 0.05) is 31.0 Å². The number of benzene rings is 2. The summed E-state index contributed by atoms with van der Waals surface area (Å²) in [6.07, 6.45) is -1.73. The Balaban J connectivity index is 2.13. The van der Waals surface area contributed by atoms with Gasteiger partial charge in [-0.2, -0.15) is 4.31 Å². The molecule has 2 aromatic carbocycles. The predicted octanol–water partition coefficient (Wildman–Crippen LogP) is 3.59. The van der Waals surface area contributed by atoms with Gasteiger partial charge in [-0.05, 0) is 48.4 Å². The lowest BCUT2D eigenvalue weighted by molar-refractivity contribution is -0.126. The van der Waals surface area contributed by atoms with E-state index in [1.807, 2.05) is 0 Å². The molecule has 1 fully saturated rings. The molecule has 1 saturated heterocycles. The number of carboxylic acids is 1. The zero-order chi connectivity index (χ0) is 24.6. The molecule has 1 atom stereocenters. The Bertz CT molecular complexity index is 1190. The van der Waals surface area contributed by atoms with Crippen molar-refractivity contribution in [2.45, 2.75) is 43.2 Å². The first-order chi connectivity index (χ1) is 15.3. The Morgan fingerprint density at radius 1 is 1.24 bits per heavy atom. The minimum absolute atomic E-state index is 0.0235. The summed E-state index contributed by atoms with van der Waals surface area (Å²) in [6.45, 7) is 0.270. The monoisotopic (exact) mass is 504 g/mol. The van der Waals surface area contributed by atoms with Crippen molar-refractivity contribution in [3.8, 4) is 0 Å². The van der Waals surface area contributed by atoms with E-state index < -0.39 is 64.6 Å². The molecule has 0 aliphatic carbocycles. The van der Waals surface area contributed by atoms with Gasteiger partial charge < -0.3 is 10.4 Å². The van der Waals surface area contributed by atoms with Gasteiger partial charge in [0.15, 0.2) is 0 Å². The molecule has 12 heteroatoms. The van der Waals surface area contributed by atoms with E-state index >= 15 is 0 Å². The molecule has 1 aliphatic heterocycles. The van der Waals surface area contributed by atoms with Crippen LogP contribution in [0.2, 0.25) is 5.02 Å². The van der Waals surface area contributed by atoms with Crippen LogP contribution in [-0.4, -0.2) is 48.2 Å². The van der Waals surface area contributed by atoms with Gasteiger partial charge >= 0.3 is 5.97 Å². The van der Waals surface area contributed by atoms with Crippen molar-refractivity contribution >= 4 is 33.5 Å². The van der Waals surface area contributed by atoms with Crippen molar-refractivity contribution in [3.63, 3.8) is 0 Å². The van der Waals surface area contributed by atoms with Crippen LogP contribution in [0.3, 0.4) is 0 Å². The van der Waals surface area contributed by atoms with E-state index in [1.165, 1.54) is 37.3 Å². The molecular weight excluding hydrogens is 485 g/mol. The Morgan fingerprint density at radius 2 is 1.88 bits per heavy atom. The summed E-state index contributed by atoms with van der Waals surface area (Å²) in [4.78, 5) is 23.5. The molecule has 7 nitrogen and oxygen atoms in total. The highest BCUT2D eigenvalue weighted by Crippen LogP contribution is 2.33. The highest BCUT2D eigenvalue weighted by Gasteiger charge is 2.45. The number of aromatic carboxylic acids is 1. The number of carbonyl (C=O) groups excluding carboxylic acids is 1. The molecule has 0 spiro atoms. The van der Waals surface area contributed by atoms with Crippen molar-refractivity contribution in [2.24, 2.45) is 0 Å². The van der Waals surface area contributed by atoms with E-state index in [0.717, 1.165) is 6.07 Å². The third-order valence-electron chi connectivity index (χ3n) is 5.41. The molecule has 2 N–H and O–H groups in total. The van der Waals surface area contributed by atoms with Gasteiger partial charge in [-0.15, -0.1) is 0 Å². The van der Waals surface area contributed by atoms with Crippen LogP contribution in [0, 0.1) is 12.7 Å². The first kappa shape index (κ1) is 25.0. The molecule has 0 radical (unpaired) electrons. The number of alkyl halides is 2.